The number of rotatable bonds is 6. The third-order valence-electron chi connectivity index (χ3n) is 3.08. The zero-order valence-corrected chi connectivity index (χ0v) is 11.6. The number of nitrogens with zero attached hydrogens (tertiary/aromatic N) is 1. The van der Waals surface area contributed by atoms with Gasteiger partial charge in [-0.1, -0.05) is 6.07 Å². The van der Waals surface area contributed by atoms with Crippen molar-refractivity contribution in [2.24, 2.45) is 5.73 Å². The second kappa shape index (κ2) is 6.71. The summed E-state index contributed by atoms with van der Waals surface area (Å²) in [6, 6.07) is 4.94. The Hall–Kier alpha value is -1.13. The highest BCUT2D eigenvalue weighted by Crippen LogP contribution is 2.29. The Morgan fingerprint density at radius 2 is 2.06 bits per heavy atom. The molecule has 3 nitrogen and oxygen atoms in total. The minimum atomic E-state index is -0.329. The summed E-state index contributed by atoms with van der Waals surface area (Å²) in [5, 5.41) is 0. The molecule has 0 fully saturated rings. The lowest BCUT2D eigenvalue weighted by Gasteiger charge is -2.32. The fourth-order valence-electron chi connectivity index (χ4n) is 2.28. The molecule has 1 aromatic carbocycles. The fourth-order valence-corrected chi connectivity index (χ4v) is 2.28. The van der Waals surface area contributed by atoms with Gasteiger partial charge >= 0.3 is 0 Å². The minimum Gasteiger partial charge on any atom is -0.383 e. The fraction of sp³-hybridized carbons (Fsp3) is 0.571. The van der Waals surface area contributed by atoms with Crippen LogP contribution in [0.4, 0.5) is 10.1 Å². The summed E-state index contributed by atoms with van der Waals surface area (Å²) in [5.41, 5.74) is 7.31. The smallest absolute Gasteiger partial charge is 0.130 e. The molecule has 2 N–H and O–H groups in total. The number of hydrogen-bond acceptors (Lipinski definition) is 3. The molecule has 0 aliphatic rings. The van der Waals surface area contributed by atoms with Crippen molar-refractivity contribution in [1.82, 2.24) is 0 Å². The van der Waals surface area contributed by atoms with Gasteiger partial charge in [0, 0.05) is 37.0 Å². The van der Waals surface area contributed by atoms with Crippen LogP contribution in [0.1, 0.15) is 32.4 Å². The third-order valence-corrected chi connectivity index (χ3v) is 3.08. The zero-order chi connectivity index (χ0) is 13.7. The number of nitrogens with two attached hydrogens (primary N) is 1. The van der Waals surface area contributed by atoms with Crippen LogP contribution in [0.5, 0.6) is 0 Å². The van der Waals surface area contributed by atoms with Gasteiger partial charge in [0.25, 0.3) is 0 Å². The molecule has 0 amide bonds. The highest BCUT2D eigenvalue weighted by molar-refractivity contribution is 5.56. The summed E-state index contributed by atoms with van der Waals surface area (Å²) in [7, 11) is 1.67. The number of ether oxygens (including phenoxy) is 1. The Kier molecular flexibility index (Phi) is 5.56. The molecule has 102 valence electrons. The maximum absolute atomic E-state index is 13.9. The van der Waals surface area contributed by atoms with E-state index in [9.17, 15) is 4.39 Å². The van der Waals surface area contributed by atoms with E-state index in [1.54, 1.807) is 20.1 Å². The summed E-state index contributed by atoms with van der Waals surface area (Å²) in [6.07, 6.45) is 0. The molecule has 18 heavy (non-hydrogen) atoms. The van der Waals surface area contributed by atoms with Gasteiger partial charge < -0.3 is 15.4 Å². The van der Waals surface area contributed by atoms with Crippen LogP contribution in [-0.2, 0) is 4.74 Å². The Labute approximate surface area is 109 Å². The Bertz CT molecular complexity index is 382. The normalized spacial score (nSPS) is 14.3. The largest absolute Gasteiger partial charge is 0.383 e. The van der Waals surface area contributed by atoms with Gasteiger partial charge in [0.2, 0.25) is 0 Å². The second-order valence-electron chi connectivity index (χ2n) is 4.55. The summed E-state index contributed by atoms with van der Waals surface area (Å²) in [5.74, 6) is -0.245. The maximum Gasteiger partial charge on any atom is 0.130 e. The molecule has 2 atom stereocenters. The molecule has 0 radical (unpaired) electrons. The quantitative estimate of drug-likeness (QED) is 0.848. The molecule has 0 bridgehead atoms. The number of anilines is 1. The molecule has 0 saturated carbocycles. The van der Waals surface area contributed by atoms with E-state index >= 15 is 0 Å². The molecule has 0 aliphatic carbocycles. The standard InChI is InChI=1S/C14H23FN2O/c1-5-17(10(2)9-18-4)13-8-6-7-12(15)14(13)11(3)16/h6-8,10-11H,5,9,16H2,1-4H3/t10?,11-/m1/s1. The topological polar surface area (TPSA) is 38.5 Å². The molecule has 4 heteroatoms. The lowest BCUT2D eigenvalue weighted by molar-refractivity contribution is 0.182. The van der Waals surface area contributed by atoms with E-state index in [0.29, 0.717) is 12.2 Å². The van der Waals surface area contributed by atoms with Crippen LogP contribution in [-0.4, -0.2) is 26.3 Å². The monoisotopic (exact) mass is 254 g/mol. The molecule has 1 unspecified atom stereocenters. The van der Waals surface area contributed by atoms with E-state index in [-0.39, 0.29) is 17.9 Å². The number of halogens is 1. The van der Waals surface area contributed by atoms with Crippen molar-refractivity contribution in [1.29, 1.82) is 0 Å². The lowest BCUT2D eigenvalue weighted by Crippen LogP contribution is -2.37. The van der Waals surface area contributed by atoms with Crippen LogP contribution < -0.4 is 10.6 Å². The Morgan fingerprint density at radius 1 is 1.39 bits per heavy atom. The van der Waals surface area contributed by atoms with E-state index in [4.69, 9.17) is 10.5 Å². The van der Waals surface area contributed by atoms with Crippen LogP contribution in [0.2, 0.25) is 0 Å². The molecule has 1 rings (SSSR count). The van der Waals surface area contributed by atoms with Gasteiger partial charge in [-0.15, -0.1) is 0 Å². The number of benzene rings is 1. The number of methoxy groups -OCH3 is 1. The molecule has 0 heterocycles. The zero-order valence-electron chi connectivity index (χ0n) is 11.6. The summed E-state index contributed by atoms with van der Waals surface area (Å²) in [6.45, 7) is 7.29. The lowest BCUT2D eigenvalue weighted by atomic mass is 10.0. The first-order valence-electron chi connectivity index (χ1n) is 6.32. The van der Waals surface area contributed by atoms with Crippen molar-refractivity contribution < 1.29 is 9.13 Å². The first-order chi connectivity index (χ1) is 8.52. The van der Waals surface area contributed by atoms with Crippen LogP contribution in [0, 0.1) is 5.82 Å². The summed E-state index contributed by atoms with van der Waals surface area (Å²) < 4.78 is 19.1. The van der Waals surface area contributed by atoms with E-state index in [1.807, 2.05) is 13.0 Å². The highest BCUT2D eigenvalue weighted by Gasteiger charge is 2.20. The van der Waals surface area contributed by atoms with Crippen molar-refractivity contribution in [2.45, 2.75) is 32.9 Å². The van der Waals surface area contributed by atoms with Gasteiger partial charge in [0.15, 0.2) is 0 Å². The van der Waals surface area contributed by atoms with Crippen LogP contribution in [0.25, 0.3) is 0 Å². The van der Waals surface area contributed by atoms with Gasteiger partial charge in [-0.2, -0.15) is 0 Å². The van der Waals surface area contributed by atoms with Crippen LogP contribution >= 0.6 is 0 Å². The van der Waals surface area contributed by atoms with E-state index in [1.165, 1.54) is 6.07 Å². The van der Waals surface area contributed by atoms with Gasteiger partial charge in [0.1, 0.15) is 5.82 Å². The average molecular weight is 254 g/mol. The first-order valence-corrected chi connectivity index (χ1v) is 6.32. The average Bonchev–Trinajstić information content (AvgIpc) is 2.29. The predicted molar refractivity (Wildman–Crippen MR) is 73.4 cm³/mol. The molecule has 0 spiro atoms. The number of likely N-dealkylation sites (N-methyl/N-ethyl adjacent to an activating group) is 1. The molecule has 0 aliphatic heterocycles. The minimum absolute atomic E-state index is 0.180. The highest BCUT2D eigenvalue weighted by atomic mass is 19.1. The van der Waals surface area contributed by atoms with Crippen molar-refractivity contribution >= 4 is 5.69 Å². The molecule has 1 aromatic rings. The second-order valence-corrected chi connectivity index (χ2v) is 4.55. The van der Waals surface area contributed by atoms with Crippen LogP contribution in [0.3, 0.4) is 0 Å². The van der Waals surface area contributed by atoms with E-state index < -0.39 is 0 Å². The van der Waals surface area contributed by atoms with E-state index in [0.717, 1.165) is 12.2 Å². The van der Waals surface area contributed by atoms with Gasteiger partial charge in [0.05, 0.1) is 6.61 Å². The van der Waals surface area contributed by atoms with Crippen molar-refractivity contribution in [3.8, 4) is 0 Å². The predicted octanol–water partition coefficient (Wildman–Crippen LogP) is 2.71. The molecular weight excluding hydrogens is 231 g/mol. The van der Waals surface area contributed by atoms with Crippen molar-refractivity contribution in [2.75, 3.05) is 25.2 Å². The van der Waals surface area contributed by atoms with Crippen LogP contribution in [0.15, 0.2) is 18.2 Å². The van der Waals surface area contributed by atoms with Gasteiger partial charge in [-0.05, 0) is 32.9 Å². The van der Waals surface area contributed by atoms with Gasteiger partial charge in [-0.25, -0.2) is 4.39 Å². The Balaban J connectivity index is 3.16. The molecule has 0 saturated heterocycles. The third kappa shape index (κ3) is 3.21. The van der Waals surface area contributed by atoms with E-state index in [2.05, 4.69) is 11.8 Å². The van der Waals surface area contributed by atoms with Gasteiger partial charge in [-0.3, -0.25) is 0 Å². The molecule has 0 aromatic heterocycles. The first kappa shape index (κ1) is 14.9. The summed E-state index contributed by atoms with van der Waals surface area (Å²) in [4.78, 5) is 2.12. The SMILES string of the molecule is CCN(c1cccc(F)c1[C@@H](C)N)C(C)COC. The number of hydrogen-bond donors (Lipinski definition) is 1. The van der Waals surface area contributed by atoms with Crippen molar-refractivity contribution in [3.63, 3.8) is 0 Å². The maximum atomic E-state index is 13.9. The molecular formula is C14H23FN2O. The Morgan fingerprint density at radius 3 is 2.56 bits per heavy atom. The summed E-state index contributed by atoms with van der Waals surface area (Å²) >= 11 is 0. The van der Waals surface area contributed by atoms with Crippen molar-refractivity contribution in [3.05, 3.63) is 29.6 Å².